The van der Waals surface area contributed by atoms with Crippen LogP contribution in [0.5, 0.6) is 0 Å². The second-order valence-corrected chi connectivity index (χ2v) is 2.79. The molecule has 1 aliphatic rings. The first-order valence-electron chi connectivity index (χ1n) is 2.90. The average Bonchev–Trinajstić information content (AvgIpc) is 1.87. The standard InChI is InChI=1S/C6H5ClF3N/c7-5(6(8,9)10)2-1-3-11-4-5/h1-2,4H,3H2. The predicted molar refractivity (Wildman–Crippen MR) is 37.1 cm³/mol. The van der Waals surface area contributed by atoms with E-state index in [9.17, 15) is 13.2 Å². The van der Waals surface area contributed by atoms with Crippen molar-refractivity contribution in [3.05, 3.63) is 12.2 Å². The third-order valence-electron chi connectivity index (χ3n) is 1.28. The van der Waals surface area contributed by atoms with Crippen LogP contribution in [0.25, 0.3) is 0 Å². The topological polar surface area (TPSA) is 12.4 Å². The van der Waals surface area contributed by atoms with Crippen LogP contribution in [0.2, 0.25) is 0 Å². The van der Waals surface area contributed by atoms with Crippen LogP contribution >= 0.6 is 11.6 Å². The van der Waals surface area contributed by atoms with E-state index in [4.69, 9.17) is 11.6 Å². The lowest BCUT2D eigenvalue weighted by atomic mass is 10.1. The summed E-state index contributed by atoms with van der Waals surface area (Å²) in [6, 6.07) is 0. The summed E-state index contributed by atoms with van der Waals surface area (Å²) < 4.78 is 36.2. The fourth-order valence-electron chi connectivity index (χ4n) is 0.681. The van der Waals surface area contributed by atoms with E-state index in [2.05, 4.69) is 4.99 Å². The minimum Gasteiger partial charge on any atom is -0.291 e. The summed E-state index contributed by atoms with van der Waals surface area (Å²) in [7, 11) is 0. The molecule has 1 rings (SSSR count). The Kier molecular flexibility index (Phi) is 1.96. The van der Waals surface area contributed by atoms with Crippen molar-refractivity contribution in [2.24, 2.45) is 4.99 Å². The first kappa shape index (κ1) is 8.59. The summed E-state index contributed by atoms with van der Waals surface area (Å²) in [6.45, 7) is 0.268. The van der Waals surface area contributed by atoms with Crippen LogP contribution in [-0.4, -0.2) is 23.8 Å². The minimum atomic E-state index is -4.46. The Bertz CT molecular complexity index is 194. The van der Waals surface area contributed by atoms with Gasteiger partial charge >= 0.3 is 6.18 Å². The van der Waals surface area contributed by atoms with E-state index >= 15 is 0 Å². The van der Waals surface area contributed by atoms with Crippen molar-refractivity contribution in [3.8, 4) is 0 Å². The van der Waals surface area contributed by atoms with Crippen LogP contribution in [0.1, 0.15) is 0 Å². The second kappa shape index (κ2) is 2.52. The molecule has 0 amide bonds. The molecule has 0 radical (unpaired) electrons. The van der Waals surface area contributed by atoms with Crippen molar-refractivity contribution in [1.82, 2.24) is 0 Å². The van der Waals surface area contributed by atoms with Gasteiger partial charge in [-0.15, -0.1) is 0 Å². The summed E-state index contributed by atoms with van der Waals surface area (Å²) in [5.74, 6) is 0. The Labute approximate surface area is 66.6 Å². The fraction of sp³-hybridized carbons (Fsp3) is 0.500. The van der Waals surface area contributed by atoms with Gasteiger partial charge in [-0.3, -0.25) is 4.99 Å². The van der Waals surface area contributed by atoms with Crippen molar-refractivity contribution >= 4 is 17.8 Å². The Hall–Kier alpha value is -0.510. The molecule has 1 unspecified atom stereocenters. The lowest BCUT2D eigenvalue weighted by Crippen LogP contribution is -2.40. The van der Waals surface area contributed by atoms with Gasteiger partial charge < -0.3 is 0 Å². The van der Waals surface area contributed by atoms with Crippen molar-refractivity contribution in [2.45, 2.75) is 11.1 Å². The number of aliphatic imine (C=N–C) groups is 1. The molecule has 1 atom stereocenters. The highest BCUT2D eigenvalue weighted by atomic mass is 35.5. The summed E-state index contributed by atoms with van der Waals surface area (Å²) >= 11 is 5.19. The van der Waals surface area contributed by atoms with E-state index in [0.29, 0.717) is 6.21 Å². The maximum atomic E-state index is 12.1. The molecule has 0 bridgehead atoms. The first-order chi connectivity index (χ1) is 4.96. The highest BCUT2D eigenvalue weighted by Crippen LogP contribution is 2.36. The van der Waals surface area contributed by atoms with E-state index in [0.717, 1.165) is 6.08 Å². The summed E-state index contributed by atoms with van der Waals surface area (Å²) in [4.78, 5) is 1.05. The Morgan fingerprint density at radius 3 is 2.36 bits per heavy atom. The van der Waals surface area contributed by atoms with Gasteiger partial charge in [-0.25, -0.2) is 0 Å². The third-order valence-corrected chi connectivity index (χ3v) is 1.72. The van der Waals surface area contributed by atoms with Gasteiger partial charge in [-0.05, 0) is 0 Å². The zero-order valence-corrected chi connectivity index (χ0v) is 6.15. The number of nitrogens with zero attached hydrogens (tertiary/aromatic N) is 1. The average molecular weight is 184 g/mol. The molecule has 0 aliphatic carbocycles. The van der Waals surface area contributed by atoms with E-state index in [1.807, 2.05) is 0 Å². The summed E-state index contributed by atoms with van der Waals surface area (Å²) in [5.41, 5.74) is 0. The monoisotopic (exact) mass is 183 g/mol. The van der Waals surface area contributed by atoms with Gasteiger partial charge in [0, 0.05) is 6.21 Å². The molecule has 5 heteroatoms. The lowest BCUT2D eigenvalue weighted by Gasteiger charge is -2.23. The molecule has 1 aliphatic heterocycles. The highest BCUT2D eigenvalue weighted by molar-refractivity contribution is 6.34. The molecular weight excluding hydrogens is 179 g/mol. The van der Waals surface area contributed by atoms with E-state index in [-0.39, 0.29) is 6.54 Å². The van der Waals surface area contributed by atoms with Gasteiger partial charge in [0.1, 0.15) is 0 Å². The maximum Gasteiger partial charge on any atom is 0.416 e. The van der Waals surface area contributed by atoms with Gasteiger partial charge in [-0.1, -0.05) is 23.8 Å². The number of halogens is 4. The molecule has 0 spiro atoms. The Balaban J connectivity index is 2.90. The first-order valence-corrected chi connectivity index (χ1v) is 3.28. The quantitative estimate of drug-likeness (QED) is 0.403. The van der Waals surface area contributed by atoms with E-state index in [1.165, 1.54) is 6.08 Å². The molecule has 1 heterocycles. The molecular formula is C6H5ClF3N. The normalized spacial score (nSPS) is 30.9. The lowest BCUT2D eigenvalue weighted by molar-refractivity contribution is -0.134. The number of allylic oxidation sites excluding steroid dienone is 1. The SMILES string of the molecule is FC(F)(F)C1(Cl)C=CCN=C1. The second-order valence-electron chi connectivity index (χ2n) is 2.16. The third kappa shape index (κ3) is 1.56. The maximum absolute atomic E-state index is 12.1. The van der Waals surface area contributed by atoms with Crippen LogP contribution in [0.15, 0.2) is 17.1 Å². The zero-order valence-electron chi connectivity index (χ0n) is 5.40. The van der Waals surface area contributed by atoms with Crippen molar-refractivity contribution in [2.75, 3.05) is 6.54 Å². The molecule has 0 saturated heterocycles. The van der Waals surface area contributed by atoms with Crippen LogP contribution in [0, 0.1) is 0 Å². The molecule has 0 aromatic carbocycles. The van der Waals surface area contributed by atoms with Crippen LogP contribution in [-0.2, 0) is 0 Å². The van der Waals surface area contributed by atoms with Crippen molar-refractivity contribution in [3.63, 3.8) is 0 Å². The number of dihydropyridines is 1. The fourth-order valence-corrected chi connectivity index (χ4v) is 0.839. The number of hydrogen-bond donors (Lipinski definition) is 0. The predicted octanol–water partition coefficient (Wildman–Crippen LogP) is 2.17. The number of alkyl halides is 4. The van der Waals surface area contributed by atoms with Crippen LogP contribution < -0.4 is 0 Å². The van der Waals surface area contributed by atoms with Crippen molar-refractivity contribution < 1.29 is 13.2 Å². The molecule has 1 nitrogen and oxygen atoms in total. The Morgan fingerprint density at radius 2 is 2.09 bits per heavy atom. The summed E-state index contributed by atoms with van der Waals surface area (Å²) in [6.07, 6.45) is -1.55. The number of hydrogen-bond acceptors (Lipinski definition) is 1. The molecule has 11 heavy (non-hydrogen) atoms. The number of rotatable bonds is 0. The van der Waals surface area contributed by atoms with Crippen LogP contribution in [0.3, 0.4) is 0 Å². The van der Waals surface area contributed by atoms with Crippen molar-refractivity contribution in [1.29, 1.82) is 0 Å². The van der Waals surface area contributed by atoms with E-state index < -0.39 is 11.1 Å². The Morgan fingerprint density at radius 1 is 1.45 bits per heavy atom. The minimum absolute atomic E-state index is 0.268. The highest BCUT2D eigenvalue weighted by Gasteiger charge is 2.51. The zero-order chi connectivity index (χ0) is 8.54. The van der Waals surface area contributed by atoms with E-state index in [1.54, 1.807) is 0 Å². The van der Waals surface area contributed by atoms with Gasteiger partial charge in [0.15, 0.2) is 4.87 Å². The van der Waals surface area contributed by atoms with Gasteiger partial charge in [0.2, 0.25) is 0 Å². The van der Waals surface area contributed by atoms with Gasteiger partial charge in [-0.2, -0.15) is 13.2 Å². The molecule has 0 aromatic rings. The largest absolute Gasteiger partial charge is 0.416 e. The molecule has 62 valence electrons. The van der Waals surface area contributed by atoms with Gasteiger partial charge in [0.25, 0.3) is 0 Å². The smallest absolute Gasteiger partial charge is 0.291 e. The van der Waals surface area contributed by atoms with Gasteiger partial charge in [0.05, 0.1) is 6.54 Å². The molecule has 0 aromatic heterocycles. The molecule has 0 saturated carbocycles. The van der Waals surface area contributed by atoms with Crippen LogP contribution in [0.4, 0.5) is 13.2 Å². The molecule has 0 fully saturated rings. The molecule has 0 N–H and O–H groups in total. The summed E-state index contributed by atoms with van der Waals surface area (Å²) in [5, 5.41) is 0.